The van der Waals surface area contributed by atoms with Crippen molar-refractivity contribution < 1.29 is 29.0 Å². The number of nitrogens with zero attached hydrogens (tertiary/aromatic N) is 3. The molecule has 0 unspecified atom stereocenters. The van der Waals surface area contributed by atoms with Gasteiger partial charge in [-0.3, -0.25) is 19.1 Å². The van der Waals surface area contributed by atoms with Crippen LogP contribution in [0.1, 0.15) is 59.9 Å². The van der Waals surface area contributed by atoms with Crippen LogP contribution in [0.5, 0.6) is 11.5 Å². The van der Waals surface area contributed by atoms with Crippen LogP contribution < -0.4 is 15.4 Å². The highest BCUT2D eigenvalue weighted by Gasteiger charge is 2.42. The fourth-order valence-corrected chi connectivity index (χ4v) is 6.01. The Morgan fingerprint density at radius 1 is 1.05 bits per heavy atom. The highest BCUT2D eigenvalue weighted by Crippen LogP contribution is 2.37. The summed E-state index contributed by atoms with van der Waals surface area (Å²) in [6.07, 6.45) is 3.09. The van der Waals surface area contributed by atoms with Crippen molar-refractivity contribution in [3.8, 4) is 11.5 Å². The molecule has 1 saturated heterocycles. The normalized spacial score (nSPS) is 19.0. The van der Waals surface area contributed by atoms with Gasteiger partial charge in [0.05, 0.1) is 11.1 Å². The topological polar surface area (TPSA) is 143 Å². The average Bonchev–Trinajstić information content (AvgIpc) is 3.37. The van der Waals surface area contributed by atoms with Crippen LogP contribution in [-0.4, -0.2) is 69.2 Å². The van der Waals surface area contributed by atoms with Crippen LogP contribution in [0.2, 0.25) is 0 Å². The number of carbonyl (C=O) groups is 4. The number of ether oxygens (including phenoxy) is 1. The Hall–Kier alpha value is -4.67. The van der Waals surface area contributed by atoms with E-state index in [-0.39, 0.29) is 31.2 Å². The molecule has 44 heavy (non-hydrogen) atoms. The van der Waals surface area contributed by atoms with Crippen LogP contribution in [-0.2, 0) is 40.7 Å². The first-order chi connectivity index (χ1) is 21.2. The van der Waals surface area contributed by atoms with Crippen molar-refractivity contribution in [1.29, 1.82) is 0 Å². The van der Waals surface area contributed by atoms with Gasteiger partial charge >= 0.3 is 5.97 Å². The first-order valence-electron chi connectivity index (χ1n) is 15.1. The number of hydrogen-bond donors (Lipinski definition) is 3. The predicted octanol–water partition coefficient (Wildman–Crippen LogP) is 3.26. The van der Waals surface area contributed by atoms with E-state index in [4.69, 9.17) is 4.74 Å². The number of piperidine rings is 1. The lowest BCUT2D eigenvalue weighted by Gasteiger charge is -2.41. The van der Waals surface area contributed by atoms with Crippen molar-refractivity contribution >= 4 is 23.7 Å². The number of benzene rings is 2. The summed E-state index contributed by atoms with van der Waals surface area (Å²) in [4.78, 5) is 53.6. The Morgan fingerprint density at radius 3 is 2.50 bits per heavy atom. The largest absolute Gasteiger partial charge is 0.480 e. The molecule has 11 heteroatoms. The van der Waals surface area contributed by atoms with Crippen LogP contribution in [0.25, 0.3) is 0 Å². The lowest BCUT2D eigenvalue weighted by Crippen LogP contribution is -2.52. The molecular formula is C33H39N5O6. The standard InChI is InChI=1S/C33H39N5O6/c1-3-5-24-20-28(37(2)36-24)30(40)38-16-13-33(14-17-38)21-23-6-4-7-26(18-23)44-25-10-8-22(9-11-25)19-27(31(41)42)35-29(39)12-15-34-32(33)43/h4,6-11,18,20,27H,3,5,12-17,19,21H2,1-2H3,(H,34,43)(H,35,39)(H,41,42)/t27-/m0/s1. The van der Waals surface area contributed by atoms with E-state index in [1.54, 1.807) is 40.9 Å². The van der Waals surface area contributed by atoms with Crippen molar-refractivity contribution in [2.24, 2.45) is 12.5 Å². The van der Waals surface area contributed by atoms with Gasteiger partial charge in [0.25, 0.3) is 5.91 Å². The Balaban J connectivity index is 1.38. The van der Waals surface area contributed by atoms with Gasteiger partial charge in [-0.15, -0.1) is 0 Å². The minimum absolute atomic E-state index is 0.0565. The van der Waals surface area contributed by atoms with Gasteiger partial charge in [0.2, 0.25) is 11.8 Å². The zero-order valence-corrected chi connectivity index (χ0v) is 25.2. The number of rotatable bonds is 4. The maximum atomic E-state index is 13.8. The molecule has 4 bridgehead atoms. The number of aryl methyl sites for hydroxylation is 2. The second-order valence-electron chi connectivity index (χ2n) is 11.7. The van der Waals surface area contributed by atoms with Gasteiger partial charge in [0.1, 0.15) is 23.2 Å². The molecule has 1 fully saturated rings. The maximum absolute atomic E-state index is 13.8. The molecule has 0 saturated carbocycles. The lowest BCUT2D eigenvalue weighted by atomic mass is 9.72. The Morgan fingerprint density at radius 2 is 1.80 bits per heavy atom. The Kier molecular flexibility index (Phi) is 9.32. The van der Waals surface area contributed by atoms with Gasteiger partial charge in [0.15, 0.2) is 0 Å². The number of likely N-dealkylation sites (tertiary alicyclic amines) is 1. The lowest BCUT2D eigenvalue weighted by molar-refractivity contribution is -0.142. The van der Waals surface area contributed by atoms with E-state index < -0.39 is 23.3 Å². The molecule has 3 N–H and O–H groups in total. The quantitative estimate of drug-likeness (QED) is 0.417. The number of aromatic nitrogens is 2. The molecule has 3 aromatic rings. The van der Waals surface area contributed by atoms with Crippen LogP contribution in [0.3, 0.4) is 0 Å². The average molecular weight is 602 g/mol. The smallest absolute Gasteiger partial charge is 0.326 e. The monoisotopic (exact) mass is 601 g/mol. The maximum Gasteiger partial charge on any atom is 0.326 e. The zero-order valence-electron chi connectivity index (χ0n) is 25.2. The minimum atomic E-state index is -1.14. The summed E-state index contributed by atoms with van der Waals surface area (Å²) in [5, 5.41) is 19.7. The number of aliphatic carboxylic acids is 1. The molecule has 0 aliphatic carbocycles. The molecule has 2 aromatic carbocycles. The molecule has 6 rings (SSSR count). The van der Waals surface area contributed by atoms with E-state index in [1.807, 2.05) is 30.3 Å². The van der Waals surface area contributed by atoms with E-state index in [0.29, 0.717) is 49.5 Å². The zero-order chi connectivity index (χ0) is 31.3. The van der Waals surface area contributed by atoms with Gasteiger partial charge in [-0.1, -0.05) is 37.6 Å². The summed E-state index contributed by atoms with van der Waals surface area (Å²) in [5.74, 6) is -0.695. The number of carboxylic acid groups (broad SMARTS) is 1. The predicted molar refractivity (Wildman–Crippen MR) is 162 cm³/mol. The van der Waals surface area contributed by atoms with Gasteiger partial charge < -0.3 is 25.4 Å². The van der Waals surface area contributed by atoms with Gasteiger partial charge in [-0.25, -0.2) is 4.79 Å². The summed E-state index contributed by atoms with van der Waals surface area (Å²) >= 11 is 0. The van der Waals surface area contributed by atoms with Gasteiger partial charge in [-0.05, 0) is 67.1 Å². The van der Waals surface area contributed by atoms with E-state index in [1.165, 1.54) is 0 Å². The Bertz CT molecular complexity index is 1520. The molecule has 11 nitrogen and oxygen atoms in total. The summed E-state index contributed by atoms with van der Waals surface area (Å²) in [6, 6.07) is 15.5. The van der Waals surface area contributed by atoms with Crippen molar-refractivity contribution in [3.63, 3.8) is 0 Å². The summed E-state index contributed by atoms with van der Waals surface area (Å²) in [7, 11) is 1.77. The molecule has 3 aliphatic heterocycles. The van der Waals surface area contributed by atoms with E-state index >= 15 is 0 Å². The number of amides is 3. The van der Waals surface area contributed by atoms with E-state index in [2.05, 4.69) is 22.7 Å². The SMILES string of the molecule is CCCc1cc(C(=O)N2CCC3(CC2)Cc2cccc(c2)Oc2ccc(cc2)C[C@@H](C(=O)O)NC(=O)CCNC3=O)n(C)n1. The van der Waals surface area contributed by atoms with Crippen molar-refractivity contribution in [3.05, 3.63) is 77.1 Å². The number of carboxylic acids is 1. The second-order valence-corrected chi connectivity index (χ2v) is 11.7. The van der Waals surface area contributed by atoms with Gasteiger partial charge in [-0.2, -0.15) is 5.10 Å². The number of nitrogens with one attached hydrogen (secondary N) is 2. The van der Waals surface area contributed by atoms with Crippen molar-refractivity contribution in [1.82, 2.24) is 25.3 Å². The van der Waals surface area contributed by atoms with Crippen LogP contribution in [0.4, 0.5) is 0 Å². The molecule has 4 heterocycles. The summed E-state index contributed by atoms with van der Waals surface area (Å²) < 4.78 is 7.72. The third kappa shape index (κ3) is 7.10. The van der Waals surface area contributed by atoms with Crippen molar-refractivity contribution in [2.45, 2.75) is 57.9 Å². The Labute approximate surface area is 256 Å². The number of hydrogen-bond acceptors (Lipinski definition) is 6. The third-order valence-corrected chi connectivity index (χ3v) is 8.46. The van der Waals surface area contributed by atoms with Crippen LogP contribution >= 0.6 is 0 Å². The highest BCUT2D eigenvalue weighted by molar-refractivity contribution is 5.93. The third-order valence-electron chi connectivity index (χ3n) is 8.46. The van der Waals surface area contributed by atoms with Crippen LogP contribution in [0, 0.1) is 5.41 Å². The first kappa shape index (κ1) is 30.8. The second kappa shape index (κ2) is 13.3. The highest BCUT2D eigenvalue weighted by atomic mass is 16.5. The van der Waals surface area contributed by atoms with E-state index in [9.17, 15) is 24.3 Å². The number of carbonyl (C=O) groups excluding carboxylic acids is 3. The molecule has 1 atom stereocenters. The molecule has 1 spiro atoms. The van der Waals surface area contributed by atoms with Gasteiger partial charge in [0, 0.05) is 39.5 Å². The fourth-order valence-electron chi connectivity index (χ4n) is 6.01. The summed E-state index contributed by atoms with van der Waals surface area (Å²) in [5.41, 5.74) is 2.26. The molecule has 232 valence electrons. The first-order valence-corrected chi connectivity index (χ1v) is 15.1. The molecule has 3 aliphatic rings. The summed E-state index contributed by atoms with van der Waals surface area (Å²) in [6.45, 7) is 2.92. The molecule has 3 amide bonds. The fraction of sp³-hybridized carbons (Fsp3) is 0.424. The van der Waals surface area contributed by atoms with E-state index in [0.717, 1.165) is 29.7 Å². The van der Waals surface area contributed by atoms with Crippen molar-refractivity contribution in [2.75, 3.05) is 19.6 Å². The van der Waals surface area contributed by atoms with Crippen LogP contribution in [0.15, 0.2) is 54.6 Å². The molecular weight excluding hydrogens is 562 g/mol. The minimum Gasteiger partial charge on any atom is -0.480 e. The molecule has 1 aromatic heterocycles. The molecule has 0 radical (unpaired) electrons. The number of fused-ring (bicyclic) bond motifs is 9.